The molecule has 1 saturated heterocycles. The molecule has 3 rings (SSSR count). The second-order valence-corrected chi connectivity index (χ2v) is 7.85. The number of carbonyl (C=O) groups is 1. The fourth-order valence-corrected chi connectivity index (χ4v) is 3.73. The van der Waals surface area contributed by atoms with Gasteiger partial charge in [-0.1, -0.05) is 24.3 Å². The van der Waals surface area contributed by atoms with Gasteiger partial charge in [0.2, 0.25) is 0 Å². The summed E-state index contributed by atoms with van der Waals surface area (Å²) in [7, 11) is 3.53. The van der Waals surface area contributed by atoms with E-state index >= 15 is 0 Å². The molecule has 7 heteroatoms. The van der Waals surface area contributed by atoms with Gasteiger partial charge in [0.15, 0.2) is 5.96 Å². The van der Waals surface area contributed by atoms with Gasteiger partial charge in [-0.25, -0.2) is 0 Å². The molecule has 0 aliphatic carbocycles. The molecule has 0 spiro atoms. The minimum atomic E-state index is 0.0148. The van der Waals surface area contributed by atoms with E-state index in [9.17, 15) is 9.90 Å². The van der Waals surface area contributed by atoms with Crippen molar-refractivity contribution < 1.29 is 9.90 Å². The second kappa shape index (κ2) is 10.7. The zero-order chi connectivity index (χ0) is 22.2. The van der Waals surface area contributed by atoms with Crippen LogP contribution in [0.4, 0.5) is 5.69 Å². The van der Waals surface area contributed by atoms with Gasteiger partial charge >= 0.3 is 0 Å². The molecule has 31 heavy (non-hydrogen) atoms. The van der Waals surface area contributed by atoms with Crippen molar-refractivity contribution in [3.05, 3.63) is 59.7 Å². The molecular weight excluding hydrogens is 390 g/mol. The van der Waals surface area contributed by atoms with Crippen LogP contribution in [0, 0.1) is 0 Å². The Morgan fingerprint density at radius 2 is 1.84 bits per heavy atom. The van der Waals surface area contributed by atoms with Gasteiger partial charge in [-0.05, 0) is 43.2 Å². The van der Waals surface area contributed by atoms with Crippen molar-refractivity contribution in [1.29, 1.82) is 0 Å². The molecule has 1 heterocycles. The van der Waals surface area contributed by atoms with E-state index in [1.165, 1.54) is 0 Å². The number of phenols is 1. The van der Waals surface area contributed by atoms with Crippen LogP contribution in [-0.2, 0) is 6.42 Å². The third-order valence-corrected chi connectivity index (χ3v) is 5.38. The van der Waals surface area contributed by atoms with Gasteiger partial charge in [-0.3, -0.25) is 9.79 Å². The molecule has 0 aromatic heterocycles. The summed E-state index contributed by atoms with van der Waals surface area (Å²) in [5.41, 5.74) is 2.70. The molecule has 166 valence electrons. The maximum absolute atomic E-state index is 12.2. The second-order valence-electron chi connectivity index (χ2n) is 7.85. The lowest BCUT2D eigenvalue weighted by Crippen LogP contribution is -2.52. The van der Waals surface area contributed by atoms with E-state index in [0.717, 1.165) is 56.4 Å². The molecule has 0 atom stereocenters. The lowest BCUT2D eigenvalue weighted by Gasteiger charge is -2.37. The number of rotatable bonds is 6. The number of hydrogen-bond acceptors (Lipinski definition) is 4. The van der Waals surface area contributed by atoms with E-state index in [1.807, 2.05) is 42.5 Å². The molecule has 0 radical (unpaired) electrons. The highest BCUT2D eigenvalue weighted by atomic mass is 16.3. The third kappa shape index (κ3) is 5.90. The van der Waals surface area contributed by atoms with E-state index in [0.29, 0.717) is 17.9 Å². The number of anilines is 1. The monoisotopic (exact) mass is 423 g/mol. The topological polar surface area (TPSA) is 71.4 Å². The lowest BCUT2D eigenvalue weighted by molar-refractivity contribution is 0.0827. The Morgan fingerprint density at radius 1 is 1.10 bits per heavy atom. The fraction of sp³-hybridized carbons (Fsp3) is 0.417. The smallest absolute Gasteiger partial charge is 0.253 e. The van der Waals surface area contributed by atoms with Crippen molar-refractivity contribution in [2.45, 2.75) is 13.3 Å². The number of guanidine groups is 1. The normalized spacial score (nSPS) is 14.5. The van der Waals surface area contributed by atoms with Crippen LogP contribution in [0.15, 0.2) is 53.5 Å². The summed E-state index contributed by atoms with van der Waals surface area (Å²) in [4.78, 5) is 23.1. The van der Waals surface area contributed by atoms with Crippen molar-refractivity contribution in [3.8, 4) is 5.75 Å². The Bertz CT molecular complexity index is 904. The fourth-order valence-electron chi connectivity index (χ4n) is 3.73. The summed E-state index contributed by atoms with van der Waals surface area (Å²) in [5.74, 6) is 1.26. The Labute approximate surface area is 185 Å². The van der Waals surface area contributed by atoms with Gasteiger partial charge in [0.25, 0.3) is 5.91 Å². The van der Waals surface area contributed by atoms with Gasteiger partial charge in [0.1, 0.15) is 5.75 Å². The SMILES string of the molecule is CCNC(=NCCc1cccc(C(=O)N(C)C)c1)N1CCN(c2ccccc2O)CC1. The number of benzene rings is 2. The first-order valence-electron chi connectivity index (χ1n) is 10.9. The first-order valence-corrected chi connectivity index (χ1v) is 10.9. The minimum Gasteiger partial charge on any atom is -0.506 e. The van der Waals surface area contributed by atoms with E-state index in [4.69, 9.17) is 4.99 Å². The molecule has 0 saturated carbocycles. The van der Waals surface area contributed by atoms with Crippen molar-refractivity contribution in [2.75, 3.05) is 58.3 Å². The molecule has 1 aliphatic rings. The molecule has 2 aromatic carbocycles. The van der Waals surface area contributed by atoms with Crippen LogP contribution in [0.1, 0.15) is 22.8 Å². The van der Waals surface area contributed by atoms with Crippen molar-refractivity contribution in [3.63, 3.8) is 0 Å². The Morgan fingerprint density at radius 3 is 2.52 bits per heavy atom. The molecule has 0 bridgehead atoms. The number of carbonyl (C=O) groups excluding carboxylic acids is 1. The summed E-state index contributed by atoms with van der Waals surface area (Å²) in [6.45, 7) is 6.88. The molecule has 1 fully saturated rings. The van der Waals surface area contributed by atoms with Crippen molar-refractivity contribution in [2.24, 2.45) is 4.99 Å². The number of aromatic hydroxyl groups is 1. The van der Waals surface area contributed by atoms with Crippen LogP contribution in [0.2, 0.25) is 0 Å². The number of nitrogens with zero attached hydrogens (tertiary/aromatic N) is 4. The summed E-state index contributed by atoms with van der Waals surface area (Å²) in [6, 6.07) is 15.3. The highest BCUT2D eigenvalue weighted by Crippen LogP contribution is 2.27. The first kappa shape index (κ1) is 22.5. The van der Waals surface area contributed by atoms with E-state index < -0.39 is 0 Å². The number of piperazine rings is 1. The quantitative estimate of drug-likeness (QED) is 0.552. The van der Waals surface area contributed by atoms with Gasteiger partial charge in [0, 0.05) is 58.9 Å². The van der Waals surface area contributed by atoms with Gasteiger partial charge < -0.3 is 25.1 Å². The standard InChI is InChI=1S/C24H33N5O2/c1-4-25-24(26-13-12-19-8-7-9-20(18-19)23(31)27(2)3)29-16-14-28(15-17-29)21-10-5-6-11-22(21)30/h5-11,18,30H,4,12-17H2,1-3H3,(H,25,26). The molecule has 1 aliphatic heterocycles. The number of amides is 1. The number of nitrogens with one attached hydrogen (secondary N) is 1. The van der Waals surface area contributed by atoms with E-state index in [1.54, 1.807) is 25.1 Å². The maximum atomic E-state index is 12.2. The minimum absolute atomic E-state index is 0.0148. The molecule has 1 amide bonds. The van der Waals surface area contributed by atoms with Crippen LogP contribution in [0.25, 0.3) is 0 Å². The van der Waals surface area contributed by atoms with Crippen LogP contribution >= 0.6 is 0 Å². The number of hydrogen-bond donors (Lipinski definition) is 2. The predicted molar refractivity (Wildman–Crippen MR) is 126 cm³/mol. The summed E-state index contributed by atoms with van der Waals surface area (Å²) in [6.07, 6.45) is 0.779. The molecular formula is C24H33N5O2. The maximum Gasteiger partial charge on any atom is 0.253 e. The summed E-state index contributed by atoms with van der Waals surface area (Å²) in [5, 5.41) is 13.5. The molecule has 2 aromatic rings. The average molecular weight is 424 g/mol. The van der Waals surface area contributed by atoms with Gasteiger partial charge in [-0.15, -0.1) is 0 Å². The largest absolute Gasteiger partial charge is 0.506 e. The summed E-state index contributed by atoms with van der Waals surface area (Å²) < 4.78 is 0. The Balaban J connectivity index is 1.59. The van der Waals surface area contributed by atoms with E-state index in [-0.39, 0.29) is 5.91 Å². The zero-order valence-corrected chi connectivity index (χ0v) is 18.7. The van der Waals surface area contributed by atoms with Crippen LogP contribution in [0.5, 0.6) is 5.75 Å². The highest BCUT2D eigenvalue weighted by Gasteiger charge is 2.21. The van der Waals surface area contributed by atoms with Crippen LogP contribution in [0.3, 0.4) is 0 Å². The lowest BCUT2D eigenvalue weighted by atomic mass is 10.1. The highest BCUT2D eigenvalue weighted by molar-refractivity contribution is 5.94. The third-order valence-electron chi connectivity index (χ3n) is 5.38. The van der Waals surface area contributed by atoms with Gasteiger partial charge in [0.05, 0.1) is 5.69 Å². The van der Waals surface area contributed by atoms with Crippen LogP contribution in [-0.4, -0.2) is 80.1 Å². The number of phenolic OH excluding ortho intramolecular Hbond substituents is 1. The van der Waals surface area contributed by atoms with Crippen molar-refractivity contribution in [1.82, 2.24) is 15.1 Å². The van der Waals surface area contributed by atoms with Gasteiger partial charge in [-0.2, -0.15) is 0 Å². The summed E-state index contributed by atoms with van der Waals surface area (Å²) >= 11 is 0. The number of para-hydroxylation sites is 2. The van der Waals surface area contributed by atoms with Crippen molar-refractivity contribution >= 4 is 17.6 Å². The van der Waals surface area contributed by atoms with Crippen LogP contribution < -0.4 is 10.2 Å². The molecule has 2 N–H and O–H groups in total. The first-order chi connectivity index (χ1) is 15.0. The van der Waals surface area contributed by atoms with E-state index in [2.05, 4.69) is 22.0 Å². The Kier molecular flexibility index (Phi) is 7.76. The number of aliphatic imine (C=N–C) groups is 1. The average Bonchev–Trinajstić information content (AvgIpc) is 2.78. The predicted octanol–water partition coefficient (Wildman–Crippen LogP) is 2.42. The molecule has 0 unspecified atom stereocenters. The zero-order valence-electron chi connectivity index (χ0n) is 18.7. The molecule has 7 nitrogen and oxygen atoms in total. The Hall–Kier alpha value is -3.22.